The number of hydrogen-bond acceptors (Lipinski definition) is 3. The van der Waals surface area contributed by atoms with Crippen LogP contribution in [0, 0.1) is 5.92 Å². The van der Waals surface area contributed by atoms with Gasteiger partial charge in [-0.15, -0.1) is 0 Å². The van der Waals surface area contributed by atoms with E-state index >= 15 is 0 Å². The molecule has 0 atom stereocenters. The Bertz CT molecular complexity index is 453. The van der Waals surface area contributed by atoms with E-state index in [0.29, 0.717) is 12.3 Å². The second-order valence-corrected chi connectivity index (χ2v) is 6.25. The van der Waals surface area contributed by atoms with Crippen molar-refractivity contribution in [3.05, 3.63) is 23.9 Å². The van der Waals surface area contributed by atoms with Crippen LogP contribution in [-0.2, 0) is 11.2 Å². The van der Waals surface area contributed by atoms with Gasteiger partial charge in [0.15, 0.2) is 0 Å². The number of carbonyl (C=O) groups excluding carboxylic acids is 1. The number of aromatic nitrogens is 1. The van der Waals surface area contributed by atoms with Crippen molar-refractivity contribution in [1.82, 2.24) is 10.3 Å². The highest BCUT2D eigenvalue weighted by Crippen LogP contribution is 2.19. The van der Waals surface area contributed by atoms with Gasteiger partial charge in [0.1, 0.15) is 5.82 Å². The lowest BCUT2D eigenvalue weighted by Gasteiger charge is -2.16. The average Bonchev–Trinajstić information content (AvgIpc) is 2.99. The SMILES string of the molecule is CC(C)CCNC(=O)CCc1ccnc(N2CCCC2)c1. The topological polar surface area (TPSA) is 45.2 Å². The third kappa shape index (κ3) is 5.37. The van der Waals surface area contributed by atoms with Gasteiger partial charge in [-0.3, -0.25) is 4.79 Å². The minimum Gasteiger partial charge on any atom is -0.357 e. The zero-order valence-corrected chi connectivity index (χ0v) is 13.3. The molecule has 0 spiro atoms. The average molecular weight is 289 g/mol. The van der Waals surface area contributed by atoms with Gasteiger partial charge in [0.25, 0.3) is 0 Å². The summed E-state index contributed by atoms with van der Waals surface area (Å²) < 4.78 is 0. The molecule has 2 rings (SSSR count). The van der Waals surface area contributed by atoms with Crippen LogP contribution in [0.4, 0.5) is 5.82 Å². The first kappa shape index (κ1) is 15.8. The Hall–Kier alpha value is -1.58. The number of amides is 1. The van der Waals surface area contributed by atoms with Gasteiger partial charge in [-0.05, 0) is 49.3 Å². The van der Waals surface area contributed by atoms with Crippen molar-refractivity contribution in [3.8, 4) is 0 Å². The van der Waals surface area contributed by atoms with Gasteiger partial charge in [-0.25, -0.2) is 4.98 Å². The van der Waals surface area contributed by atoms with Crippen LogP contribution in [0.3, 0.4) is 0 Å². The lowest BCUT2D eigenvalue weighted by Crippen LogP contribution is -2.25. The largest absolute Gasteiger partial charge is 0.357 e. The molecule has 0 unspecified atom stereocenters. The second-order valence-electron chi connectivity index (χ2n) is 6.25. The Balaban J connectivity index is 1.77. The van der Waals surface area contributed by atoms with E-state index < -0.39 is 0 Å². The number of rotatable bonds is 7. The molecule has 1 aliphatic heterocycles. The molecule has 116 valence electrons. The van der Waals surface area contributed by atoms with Crippen molar-refractivity contribution in [3.63, 3.8) is 0 Å². The third-order valence-electron chi connectivity index (χ3n) is 3.92. The van der Waals surface area contributed by atoms with Crippen LogP contribution in [0.15, 0.2) is 18.3 Å². The molecule has 0 saturated carbocycles. The summed E-state index contributed by atoms with van der Waals surface area (Å²) in [5.41, 5.74) is 1.20. The lowest BCUT2D eigenvalue weighted by molar-refractivity contribution is -0.121. The molecule has 0 aromatic carbocycles. The molecule has 1 aromatic rings. The summed E-state index contributed by atoms with van der Waals surface area (Å²) >= 11 is 0. The van der Waals surface area contributed by atoms with Gasteiger partial charge < -0.3 is 10.2 Å². The monoisotopic (exact) mass is 289 g/mol. The minimum atomic E-state index is 0.148. The smallest absolute Gasteiger partial charge is 0.220 e. The highest BCUT2D eigenvalue weighted by atomic mass is 16.1. The highest BCUT2D eigenvalue weighted by molar-refractivity contribution is 5.76. The van der Waals surface area contributed by atoms with Crippen molar-refractivity contribution in [2.75, 3.05) is 24.5 Å². The highest BCUT2D eigenvalue weighted by Gasteiger charge is 2.13. The molecule has 1 N–H and O–H groups in total. The fourth-order valence-electron chi connectivity index (χ4n) is 2.58. The van der Waals surface area contributed by atoms with Gasteiger partial charge in [0.2, 0.25) is 5.91 Å². The van der Waals surface area contributed by atoms with E-state index in [-0.39, 0.29) is 5.91 Å². The quantitative estimate of drug-likeness (QED) is 0.839. The zero-order valence-electron chi connectivity index (χ0n) is 13.3. The van der Waals surface area contributed by atoms with Crippen molar-refractivity contribution < 1.29 is 4.79 Å². The van der Waals surface area contributed by atoms with Gasteiger partial charge >= 0.3 is 0 Å². The first-order valence-corrected chi connectivity index (χ1v) is 8.11. The molecule has 1 amide bonds. The number of anilines is 1. The summed E-state index contributed by atoms with van der Waals surface area (Å²) in [6.07, 6.45) is 6.76. The Morgan fingerprint density at radius 1 is 1.38 bits per heavy atom. The molecular formula is C17H27N3O. The van der Waals surface area contributed by atoms with Gasteiger partial charge in [0.05, 0.1) is 0 Å². The first-order chi connectivity index (χ1) is 10.1. The summed E-state index contributed by atoms with van der Waals surface area (Å²) in [6, 6.07) is 4.15. The molecule has 21 heavy (non-hydrogen) atoms. The van der Waals surface area contributed by atoms with Gasteiger partial charge in [-0.1, -0.05) is 13.8 Å². The number of aryl methyl sites for hydroxylation is 1. The predicted molar refractivity (Wildman–Crippen MR) is 86.5 cm³/mol. The number of hydrogen-bond donors (Lipinski definition) is 1. The van der Waals surface area contributed by atoms with Crippen molar-refractivity contribution in [2.45, 2.75) is 46.0 Å². The van der Waals surface area contributed by atoms with Crippen LogP contribution >= 0.6 is 0 Å². The maximum atomic E-state index is 11.8. The van der Waals surface area contributed by atoms with E-state index in [2.05, 4.69) is 35.1 Å². The second kappa shape index (κ2) is 8.01. The van der Waals surface area contributed by atoms with E-state index in [4.69, 9.17) is 0 Å². The molecule has 0 aliphatic carbocycles. The van der Waals surface area contributed by atoms with Crippen molar-refractivity contribution >= 4 is 11.7 Å². The molecule has 4 nitrogen and oxygen atoms in total. The summed E-state index contributed by atoms with van der Waals surface area (Å²) in [7, 11) is 0. The van der Waals surface area contributed by atoms with E-state index in [1.54, 1.807) is 0 Å². The maximum Gasteiger partial charge on any atom is 0.220 e. The van der Waals surface area contributed by atoms with Crippen molar-refractivity contribution in [2.24, 2.45) is 5.92 Å². The van der Waals surface area contributed by atoms with Crippen LogP contribution in [0.5, 0.6) is 0 Å². The zero-order chi connectivity index (χ0) is 15.1. The third-order valence-corrected chi connectivity index (χ3v) is 3.92. The summed E-state index contributed by atoms with van der Waals surface area (Å²) in [6.45, 7) is 7.33. The molecule has 1 aliphatic rings. The Morgan fingerprint density at radius 3 is 2.86 bits per heavy atom. The van der Waals surface area contributed by atoms with Crippen LogP contribution in [-0.4, -0.2) is 30.5 Å². The summed E-state index contributed by atoms with van der Waals surface area (Å²) in [4.78, 5) is 18.6. The van der Waals surface area contributed by atoms with Crippen LogP contribution in [0.1, 0.15) is 45.1 Å². The fourth-order valence-corrected chi connectivity index (χ4v) is 2.58. The molecule has 0 radical (unpaired) electrons. The van der Waals surface area contributed by atoms with E-state index in [1.165, 1.54) is 18.4 Å². The van der Waals surface area contributed by atoms with Crippen LogP contribution in [0.25, 0.3) is 0 Å². The molecule has 1 aromatic heterocycles. The van der Waals surface area contributed by atoms with Gasteiger partial charge in [-0.2, -0.15) is 0 Å². The summed E-state index contributed by atoms with van der Waals surface area (Å²) in [5, 5.41) is 2.99. The molecule has 1 saturated heterocycles. The number of carbonyl (C=O) groups is 1. The Labute approximate surface area is 127 Å². The standard InChI is InChI=1S/C17H27N3O/c1-14(2)7-9-19-17(21)6-5-15-8-10-18-16(13-15)20-11-3-4-12-20/h8,10,13-14H,3-7,9,11-12H2,1-2H3,(H,19,21). The first-order valence-electron chi connectivity index (χ1n) is 8.11. The predicted octanol–water partition coefficient (Wildman–Crippen LogP) is 2.78. The van der Waals surface area contributed by atoms with E-state index in [1.807, 2.05) is 12.3 Å². The molecule has 1 fully saturated rings. The minimum absolute atomic E-state index is 0.148. The molecular weight excluding hydrogens is 262 g/mol. The number of nitrogens with zero attached hydrogens (tertiary/aromatic N) is 2. The van der Waals surface area contributed by atoms with E-state index in [0.717, 1.165) is 38.3 Å². The number of nitrogens with one attached hydrogen (secondary N) is 1. The molecule has 4 heteroatoms. The maximum absolute atomic E-state index is 11.8. The Kier molecular flexibility index (Phi) is 6.03. The fraction of sp³-hybridized carbons (Fsp3) is 0.647. The van der Waals surface area contributed by atoms with Crippen LogP contribution in [0.2, 0.25) is 0 Å². The summed E-state index contributed by atoms with van der Waals surface area (Å²) in [5.74, 6) is 1.84. The van der Waals surface area contributed by atoms with Crippen molar-refractivity contribution in [1.29, 1.82) is 0 Å². The number of pyridine rings is 1. The molecule has 2 heterocycles. The van der Waals surface area contributed by atoms with E-state index in [9.17, 15) is 4.79 Å². The normalized spacial score (nSPS) is 14.7. The Morgan fingerprint density at radius 2 is 2.14 bits per heavy atom. The molecule has 0 bridgehead atoms. The van der Waals surface area contributed by atoms with Crippen LogP contribution < -0.4 is 10.2 Å². The van der Waals surface area contributed by atoms with Gasteiger partial charge in [0, 0.05) is 32.3 Å². The lowest BCUT2D eigenvalue weighted by atomic mass is 10.1.